The molecule has 0 saturated carbocycles. The maximum absolute atomic E-state index is 6.91. The number of amidine groups is 1. The molecule has 0 heterocycles. The van der Waals surface area contributed by atoms with Crippen LogP contribution in [0.15, 0.2) is 0 Å². The molecule has 0 radical (unpaired) electrons. The Balaban J connectivity index is 2.82. The fourth-order valence-corrected chi connectivity index (χ4v) is 0.341. The Morgan fingerprint density at radius 1 is 1.75 bits per heavy atom. The molecule has 0 aromatic rings. The predicted molar refractivity (Wildman–Crippen MR) is 33.3 cm³/mol. The maximum atomic E-state index is 6.91. The van der Waals surface area contributed by atoms with Crippen LogP contribution in [0, 0.1) is 5.41 Å². The minimum Gasteiger partial charge on any atom is -0.383 e. The van der Waals surface area contributed by atoms with E-state index in [9.17, 15) is 0 Å². The first-order chi connectivity index (χ1) is 3.77. The van der Waals surface area contributed by atoms with Crippen LogP contribution in [0.5, 0.6) is 0 Å². The van der Waals surface area contributed by atoms with Crippen LogP contribution in [0.3, 0.4) is 0 Å². The van der Waals surface area contributed by atoms with Gasteiger partial charge in [-0.1, -0.05) is 0 Å². The van der Waals surface area contributed by atoms with E-state index in [4.69, 9.17) is 10.1 Å². The number of methoxy groups -OCH3 is 1. The van der Waals surface area contributed by atoms with Gasteiger partial charge >= 0.3 is 0 Å². The third kappa shape index (κ3) is 5.43. The molecule has 0 aliphatic carbocycles. The first-order valence-electron chi connectivity index (χ1n) is 2.55. The van der Waals surface area contributed by atoms with E-state index in [2.05, 4.69) is 5.32 Å². The van der Waals surface area contributed by atoms with E-state index in [0.29, 0.717) is 12.4 Å². The van der Waals surface area contributed by atoms with Crippen molar-refractivity contribution in [3.8, 4) is 0 Å². The van der Waals surface area contributed by atoms with E-state index in [-0.39, 0.29) is 0 Å². The van der Waals surface area contributed by atoms with Gasteiger partial charge < -0.3 is 10.1 Å². The minimum atomic E-state index is 0.488. The molecule has 0 aromatic heterocycles. The molecule has 0 spiro atoms. The van der Waals surface area contributed by atoms with Crippen LogP contribution in [-0.4, -0.2) is 26.1 Å². The van der Waals surface area contributed by atoms with Gasteiger partial charge in [0.15, 0.2) is 0 Å². The second-order valence-electron chi connectivity index (χ2n) is 1.54. The third-order valence-corrected chi connectivity index (χ3v) is 0.696. The Hall–Kier alpha value is -0.570. The smallest absolute Gasteiger partial charge is 0.0900 e. The van der Waals surface area contributed by atoms with Gasteiger partial charge in [0.2, 0.25) is 0 Å². The van der Waals surface area contributed by atoms with Crippen LogP contribution in [0.1, 0.15) is 6.92 Å². The molecule has 0 aromatic carbocycles. The summed E-state index contributed by atoms with van der Waals surface area (Å²) in [7, 11) is 1.64. The van der Waals surface area contributed by atoms with Gasteiger partial charge in [0, 0.05) is 13.7 Å². The number of rotatable bonds is 3. The van der Waals surface area contributed by atoms with Gasteiger partial charge in [-0.25, -0.2) is 0 Å². The van der Waals surface area contributed by atoms with Crippen molar-refractivity contribution in [2.75, 3.05) is 20.3 Å². The van der Waals surface area contributed by atoms with E-state index >= 15 is 0 Å². The molecule has 0 rings (SSSR count). The van der Waals surface area contributed by atoms with E-state index in [1.54, 1.807) is 14.0 Å². The van der Waals surface area contributed by atoms with Crippen LogP contribution >= 0.6 is 0 Å². The molecule has 3 nitrogen and oxygen atoms in total. The quantitative estimate of drug-likeness (QED) is 0.315. The average molecular weight is 116 g/mol. The first kappa shape index (κ1) is 7.43. The summed E-state index contributed by atoms with van der Waals surface area (Å²) < 4.78 is 4.73. The lowest BCUT2D eigenvalue weighted by atomic mass is 10.6. The SMILES string of the molecule is COCCNC(C)=N. The standard InChI is InChI=1S/C5H12N2O/c1-5(6)7-3-4-8-2/h3-4H2,1-2H3,(H2,6,7). The van der Waals surface area contributed by atoms with Crippen LogP contribution in [0.25, 0.3) is 0 Å². The van der Waals surface area contributed by atoms with Gasteiger partial charge in [-0.2, -0.15) is 0 Å². The summed E-state index contributed by atoms with van der Waals surface area (Å²) >= 11 is 0. The second kappa shape index (κ2) is 4.59. The Labute approximate surface area is 49.5 Å². The zero-order chi connectivity index (χ0) is 6.41. The number of hydrogen-bond acceptors (Lipinski definition) is 2. The zero-order valence-electron chi connectivity index (χ0n) is 5.32. The molecule has 0 amide bonds. The molecule has 0 aliphatic rings. The van der Waals surface area contributed by atoms with Crippen molar-refractivity contribution < 1.29 is 4.74 Å². The summed E-state index contributed by atoms with van der Waals surface area (Å²) in [5, 5.41) is 9.71. The molecule has 0 bridgehead atoms. The molecule has 0 unspecified atom stereocenters. The Bertz CT molecular complexity index is 72.8. The van der Waals surface area contributed by atoms with Gasteiger partial charge in [0.1, 0.15) is 0 Å². The fraction of sp³-hybridized carbons (Fsp3) is 0.800. The van der Waals surface area contributed by atoms with Gasteiger partial charge in [-0.15, -0.1) is 0 Å². The molecule has 0 fully saturated rings. The van der Waals surface area contributed by atoms with Crippen LogP contribution < -0.4 is 5.32 Å². The molecule has 8 heavy (non-hydrogen) atoms. The highest BCUT2D eigenvalue weighted by molar-refractivity contribution is 5.75. The highest BCUT2D eigenvalue weighted by Gasteiger charge is 1.82. The molecule has 0 aliphatic heterocycles. The van der Waals surface area contributed by atoms with Crippen molar-refractivity contribution in [1.29, 1.82) is 5.41 Å². The molecule has 3 heteroatoms. The third-order valence-electron chi connectivity index (χ3n) is 0.696. The highest BCUT2D eigenvalue weighted by atomic mass is 16.5. The van der Waals surface area contributed by atoms with Crippen molar-refractivity contribution in [3.63, 3.8) is 0 Å². The lowest BCUT2D eigenvalue weighted by Gasteiger charge is -1.99. The number of hydrogen-bond donors (Lipinski definition) is 2. The van der Waals surface area contributed by atoms with Gasteiger partial charge in [-0.3, -0.25) is 5.41 Å². The van der Waals surface area contributed by atoms with Crippen molar-refractivity contribution in [2.24, 2.45) is 0 Å². The average Bonchev–Trinajstić information content (AvgIpc) is 1.66. The molecule has 2 N–H and O–H groups in total. The van der Waals surface area contributed by atoms with Gasteiger partial charge in [-0.05, 0) is 6.92 Å². The summed E-state index contributed by atoms with van der Waals surface area (Å²) in [5.41, 5.74) is 0. The van der Waals surface area contributed by atoms with E-state index < -0.39 is 0 Å². The summed E-state index contributed by atoms with van der Waals surface area (Å²) in [6.45, 7) is 3.09. The fourth-order valence-electron chi connectivity index (χ4n) is 0.341. The predicted octanol–water partition coefficient (Wildman–Crippen LogP) is 0.220. The maximum Gasteiger partial charge on any atom is 0.0900 e. The lowest BCUT2D eigenvalue weighted by molar-refractivity contribution is 0.204. The Kier molecular flexibility index (Phi) is 4.26. The number of ether oxygens (including phenoxy) is 1. The number of nitrogens with one attached hydrogen (secondary N) is 2. The second-order valence-corrected chi connectivity index (χ2v) is 1.54. The largest absolute Gasteiger partial charge is 0.383 e. The Morgan fingerprint density at radius 3 is 2.75 bits per heavy atom. The van der Waals surface area contributed by atoms with Crippen molar-refractivity contribution >= 4 is 5.84 Å². The minimum absolute atomic E-state index is 0.488. The van der Waals surface area contributed by atoms with E-state index in [0.717, 1.165) is 6.54 Å². The van der Waals surface area contributed by atoms with Gasteiger partial charge in [0.05, 0.1) is 12.4 Å². The van der Waals surface area contributed by atoms with E-state index in [1.165, 1.54) is 0 Å². The normalized spacial score (nSPS) is 8.75. The molecule has 0 atom stereocenters. The monoisotopic (exact) mass is 116 g/mol. The van der Waals surface area contributed by atoms with Crippen LogP contribution in [0.2, 0.25) is 0 Å². The van der Waals surface area contributed by atoms with Crippen molar-refractivity contribution in [1.82, 2.24) is 5.32 Å². The molecule has 48 valence electrons. The zero-order valence-corrected chi connectivity index (χ0v) is 5.32. The molecular formula is C5H12N2O. The van der Waals surface area contributed by atoms with E-state index in [1.807, 2.05) is 0 Å². The summed E-state index contributed by atoms with van der Waals surface area (Å²) in [5.74, 6) is 0.488. The first-order valence-corrected chi connectivity index (χ1v) is 2.55. The summed E-state index contributed by atoms with van der Waals surface area (Å²) in [4.78, 5) is 0. The molecule has 0 saturated heterocycles. The topological polar surface area (TPSA) is 45.1 Å². The molecular weight excluding hydrogens is 104 g/mol. The van der Waals surface area contributed by atoms with Crippen LogP contribution in [0.4, 0.5) is 0 Å². The summed E-state index contributed by atoms with van der Waals surface area (Å²) in [6, 6.07) is 0. The highest BCUT2D eigenvalue weighted by Crippen LogP contribution is 1.64. The van der Waals surface area contributed by atoms with Crippen molar-refractivity contribution in [2.45, 2.75) is 6.92 Å². The van der Waals surface area contributed by atoms with Crippen molar-refractivity contribution in [3.05, 3.63) is 0 Å². The lowest BCUT2D eigenvalue weighted by Crippen LogP contribution is -2.23. The van der Waals surface area contributed by atoms with Crippen LogP contribution in [-0.2, 0) is 4.74 Å². The van der Waals surface area contributed by atoms with Gasteiger partial charge in [0.25, 0.3) is 0 Å². The Morgan fingerprint density at radius 2 is 2.38 bits per heavy atom. The summed E-state index contributed by atoms with van der Waals surface area (Å²) in [6.07, 6.45) is 0.